The topological polar surface area (TPSA) is 51.2 Å². The average molecular weight is 256 g/mol. The van der Waals surface area contributed by atoms with Gasteiger partial charge in [-0.1, -0.05) is 13.8 Å². The van der Waals surface area contributed by atoms with Crippen molar-refractivity contribution in [2.75, 3.05) is 18.5 Å². The van der Waals surface area contributed by atoms with Crippen LogP contribution in [0.4, 0.5) is 5.13 Å². The van der Waals surface area contributed by atoms with E-state index >= 15 is 0 Å². The van der Waals surface area contributed by atoms with Crippen LogP contribution in [0.1, 0.15) is 32.9 Å². The first-order valence-electron chi connectivity index (χ1n) is 5.95. The van der Waals surface area contributed by atoms with E-state index in [4.69, 9.17) is 4.74 Å². The van der Waals surface area contributed by atoms with Crippen molar-refractivity contribution in [3.8, 4) is 0 Å². The average Bonchev–Trinajstić information content (AvgIpc) is 2.72. The fourth-order valence-corrected chi connectivity index (χ4v) is 2.01. The largest absolute Gasteiger partial charge is 0.466 e. The van der Waals surface area contributed by atoms with Crippen molar-refractivity contribution in [2.24, 2.45) is 5.92 Å². The second kappa shape index (κ2) is 7.27. The lowest BCUT2D eigenvalue weighted by molar-refractivity contribution is -0.143. The number of nitrogens with one attached hydrogen (secondary N) is 1. The molecule has 0 spiro atoms. The van der Waals surface area contributed by atoms with Crippen molar-refractivity contribution in [3.05, 3.63) is 11.1 Å². The van der Waals surface area contributed by atoms with E-state index in [2.05, 4.69) is 24.1 Å². The SMILES string of the molecule is CCOC(=O)CCc1csc(NCC(C)C)n1. The van der Waals surface area contributed by atoms with Crippen LogP contribution in [-0.2, 0) is 16.0 Å². The quantitative estimate of drug-likeness (QED) is 0.762. The van der Waals surface area contributed by atoms with E-state index < -0.39 is 0 Å². The van der Waals surface area contributed by atoms with Crippen LogP contribution in [0.2, 0.25) is 0 Å². The molecule has 0 amide bonds. The third-order valence-electron chi connectivity index (χ3n) is 2.10. The van der Waals surface area contributed by atoms with E-state index in [1.165, 1.54) is 0 Å². The number of ether oxygens (including phenoxy) is 1. The fourth-order valence-electron chi connectivity index (χ4n) is 1.26. The number of rotatable bonds is 7. The number of hydrogen-bond donors (Lipinski definition) is 1. The molecule has 0 atom stereocenters. The standard InChI is InChI=1S/C12H20N2O2S/c1-4-16-11(15)6-5-10-8-17-12(14-10)13-7-9(2)3/h8-9H,4-7H2,1-3H3,(H,13,14). The van der Waals surface area contributed by atoms with Gasteiger partial charge in [0, 0.05) is 18.3 Å². The van der Waals surface area contributed by atoms with Crippen molar-refractivity contribution >= 4 is 22.4 Å². The third kappa shape index (κ3) is 5.68. The van der Waals surface area contributed by atoms with E-state index in [0.29, 0.717) is 25.4 Å². The van der Waals surface area contributed by atoms with Crippen LogP contribution < -0.4 is 5.32 Å². The Labute approximate surface area is 106 Å². The summed E-state index contributed by atoms with van der Waals surface area (Å²) in [6.07, 6.45) is 1.06. The van der Waals surface area contributed by atoms with Gasteiger partial charge < -0.3 is 10.1 Å². The summed E-state index contributed by atoms with van der Waals surface area (Å²) in [6, 6.07) is 0. The van der Waals surface area contributed by atoms with Crippen LogP contribution >= 0.6 is 11.3 Å². The van der Waals surface area contributed by atoms with Gasteiger partial charge in [0.1, 0.15) is 0 Å². The molecule has 0 aliphatic heterocycles. The molecular weight excluding hydrogens is 236 g/mol. The molecule has 1 aromatic rings. The molecule has 1 N–H and O–H groups in total. The van der Waals surface area contributed by atoms with Gasteiger partial charge >= 0.3 is 5.97 Å². The van der Waals surface area contributed by atoms with Gasteiger partial charge in [-0.2, -0.15) is 0 Å². The maximum absolute atomic E-state index is 11.2. The van der Waals surface area contributed by atoms with Gasteiger partial charge in [0.05, 0.1) is 18.7 Å². The highest BCUT2D eigenvalue weighted by Crippen LogP contribution is 2.17. The Kier molecular flexibility index (Phi) is 5.97. The zero-order valence-electron chi connectivity index (χ0n) is 10.7. The van der Waals surface area contributed by atoms with E-state index in [-0.39, 0.29) is 5.97 Å². The van der Waals surface area contributed by atoms with Crippen molar-refractivity contribution in [1.29, 1.82) is 0 Å². The molecule has 1 heterocycles. The van der Waals surface area contributed by atoms with Crippen LogP contribution in [0.15, 0.2) is 5.38 Å². The van der Waals surface area contributed by atoms with Crippen molar-refractivity contribution in [2.45, 2.75) is 33.6 Å². The number of hydrogen-bond acceptors (Lipinski definition) is 5. The first-order chi connectivity index (χ1) is 8.11. The Bertz CT molecular complexity index is 350. The zero-order valence-corrected chi connectivity index (χ0v) is 11.5. The van der Waals surface area contributed by atoms with Crippen molar-refractivity contribution < 1.29 is 9.53 Å². The number of carbonyl (C=O) groups excluding carboxylic acids is 1. The summed E-state index contributed by atoms with van der Waals surface area (Å²) in [5, 5.41) is 6.18. The van der Waals surface area contributed by atoms with Gasteiger partial charge in [-0.15, -0.1) is 11.3 Å². The minimum Gasteiger partial charge on any atom is -0.466 e. The Morgan fingerprint density at radius 3 is 3.00 bits per heavy atom. The second-order valence-corrected chi connectivity index (χ2v) is 5.08. The van der Waals surface area contributed by atoms with Crippen molar-refractivity contribution in [3.63, 3.8) is 0 Å². The predicted molar refractivity (Wildman–Crippen MR) is 70.4 cm³/mol. The van der Waals surface area contributed by atoms with Crippen LogP contribution in [0.3, 0.4) is 0 Å². The molecule has 0 aromatic carbocycles. The predicted octanol–water partition coefficient (Wildman–Crippen LogP) is 2.71. The number of thiazole rings is 1. The first kappa shape index (κ1) is 14.0. The second-order valence-electron chi connectivity index (χ2n) is 4.22. The van der Waals surface area contributed by atoms with Gasteiger partial charge in [-0.05, 0) is 12.8 Å². The van der Waals surface area contributed by atoms with Gasteiger partial charge in [0.15, 0.2) is 5.13 Å². The number of anilines is 1. The lowest BCUT2D eigenvalue weighted by Gasteiger charge is -2.04. The van der Waals surface area contributed by atoms with Crippen molar-refractivity contribution in [1.82, 2.24) is 4.98 Å². The Balaban J connectivity index is 2.32. The summed E-state index contributed by atoms with van der Waals surface area (Å²) in [6.45, 7) is 7.49. The zero-order chi connectivity index (χ0) is 12.7. The minimum absolute atomic E-state index is 0.155. The summed E-state index contributed by atoms with van der Waals surface area (Å²) in [5.74, 6) is 0.444. The molecule has 1 rings (SSSR count). The molecule has 17 heavy (non-hydrogen) atoms. The number of aryl methyl sites for hydroxylation is 1. The Hall–Kier alpha value is -1.10. The van der Waals surface area contributed by atoms with Gasteiger partial charge in [0.2, 0.25) is 0 Å². The number of esters is 1. The minimum atomic E-state index is -0.155. The molecule has 5 heteroatoms. The Morgan fingerprint density at radius 2 is 2.35 bits per heavy atom. The summed E-state index contributed by atoms with van der Waals surface area (Å²) in [5.41, 5.74) is 0.953. The highest BCUT2D eigenvalue weighted by Gasteiger charge is 2.06. The molecule has 1 aromatic heterocycles. The van der Waals surface area contributed by atoms with Crippen LogP contribution in [0.5, 0.6) is 0 Å². The van der Waals surface area contributed by atoms with Crippen LogP contribution in [0.25, 0.3) is 0 Å². The molecule has 0 aliphatic rings. The molecule has 0 fully saturated rings. The number of aromatic nitrogens is 1. The molecule has 0 saturated heterocycles. The Morgan fingerprint density at radius 1 is 1.59 bits per heavy atom. The summed E-state index contributed by atoms with van der Waals surface area (Å²) < 4.78 is 4.87. The molecule has 0 unspecified atom stereocenters. The van der Waals surface area contributed by atoms with Gasteiger partial charge in [0.25, 0.3) is 0 Å². The maximum atomic E-state index is 11.2. The van der Waals surface area contributed by atoms with Crippen LogP contribution in [-0.4, -0.2) is 24.1 Å². The van der Waals surface area contributed by atoms with E-state index in [0.717, 1.165) is 17.4 Å². The van der Waals surface area contributed by atoms with Gasteiger partial charge in [-0.3, -0.25) is 4.79 Å². The fraction of sp³-hybridized carbons (Fsp3) is 0.667. The molecule has 0 saturated carbocycles. The van der Waals surface area contributed by atoms with E-state index in [9.17, 15) is 4.79 Å². The maximum Gasteiger partial charge on any atom is 0.306 e. The lowest BCUT2D eigenvalue weighted by Crippen LogP contribution is -2.08. The normalized spacial score (nSPS) is 10.6. The highest BCUT2D eigenvalue weighted by molar-refractivity contribution is 7.13. The molecule has 96 valence electrons. The monoisotopic (exact) mass is 256 g/mol. The number of nitrogens with zero attached hydrogens (tertiary/aromatic N) is 1. The third-order valence-corrected chi connectivity index (χ3v) is 2.95. The highest BCUT2D eigenvalue weighted by atomic mass is 32.1. The van der Waals surface area contributed by atoms with E-state index in [1.54, 1.807) is 11.3 Å². The van der Waals surface area contributed by atoms with Gasteiger partial charge in [-0.25, -0.2) is 4.98 Å². The van der Waals surface area contributed by atoms with E-state index in [1.807, 2.05) is 12.3 Å². The summed E-state index contributed by atoms with van der Waals surface area (Å²) >= 11 is 1.58. The summed E-state index contributed by atoms with van der Waals surface area (Å²) in [7, 11) is 0. The van der Waals surface area contributed by atoms with Crippen LogP contribution in [0, 0.1) is 5.92 Å². The lowest BCUT2D eigenvalue weighted by atomic mass is 10.2. The first-order valence-corrected chi connectivity index (χ1v) is 6.83. The molecular formula is C12H20N2O2S. The molecule has 0 aliphatic carbocycles. The molecule has 0 bridgehead atoms. The molecule has 4 nitrogen and oxygen atoms in total. The summed E-state index contributed by atoms with van der Waals surface area (Å²) in [4.78, 5) is 15.6. The smallest absolute Gasteiger partial charge is 0.306 e. The number of carbonyl (C=O) groups is 1. The molecule has 0 radical (unpaired) electrons.